The molecule has 1 aliphatic heterocycles. The second kappa shape index (κ2) is 8.42. The summed E-state index contributed by atoms with van der Waals surface area (Å²) in [5.74, 6) is -1.81. The first-order valence-electron chi connectivity index (χ1n) is 9.52. The molecule has 0 aromatic heterocycles. The first kappa shape index (κ1) is 19.9. The Morgan fingerprint density at radius 1 is 1.21 bits per heavy atom. The highest BCUT2D eigenvalue weighted by Gasteiger charge is 2.41. The van der Waals surface area contributed by atoms with Crippen molar-refractivity contribution in [3.63, 3.8) is 0 Å². The molecule has 2 atom stereocenters. The molecular formula is C22H25FN2O3. The number of rotatable bonds is 4. The van der Waals surface area contributed by atoms with Gasteiger partial charge in [-0.05, 0) is 56.0 Å². The lowest BCUT2D eigenvalue weighted by Crippen LogP contribution is -2.46. The number of piperidine rings is 1. The number of aryl methyl sites for hydroxylation is 1. The Morgan fingerprint density at radius 3 is 2.57 bits per heavy atom. The number of carbonyl (C=O) groups excluding carboxylic acids is 2. The lowest BCUT2D eigenvalue weighted by atomic mass is 9.84. The third-order valence-electron chi connectivity index (χ3n) is 5.20. The maximum Gasteiger partial charge on any atom is 0.311 e. The van der Waals surface area contributed by atoms with Crippen molar-refractivity contribution in [1.29, 1.82) is 0 Å². The molecule has 2 N–H and O–H groups in total. The number of carbonyl (C=O) groups is 2. The molecule has 2 aromatic rings. The monoisotopic (exact) mass is 384 g/mol. The topological polar surface area (TPSA) is 72.6 Å². The van der Waals surface area contributed by atoms with Gasteiger partial charge in [-0.2, -0.15) is 0 Å². The van der Waals surface area contributed by atoms with Crippen LogP contribution in [0.2, 0.25) is 0 Å². The molecule has 2 aromatic carbocycles. The minimum Gasteiger partial charge on any atom is -0.466 e. The van der Waals surface area contributed by atoms with Gasteiger partial charge in [-0.15, -0.1) is 0 Å². The number of ether oxygens (including phenoxy) is 1. The fourth-order valence-electron chi connectivity index (χ4n) is 3.87. The van der Waals surface area contributed by atoms with Crippen LogP contribution in [0.3, 0.4) is 0 Å². The summed E-state index contributed by atoms with van der Waals surface area (Å²) in [5, 5.41) is 0. The zero-order chi connectivity index (χ0) is 20.3. The minimum absolute atomic E-state index is 0.0486. The van der Waals surface area contributed by atoms with Crippen molar-refractivity contribution in [3.05, 3.63) is 65.0 Å². The fraction of sp³-hybridized carbons (Fsp3) is 0.364. The van der Waals surface area contributed by atoms with Crippen LogP contribution in [0.1, 0.15) is 47.3 Å². The molecule has 1 amide bonds. The number of nitrogen functional groups attached to an aromatic ring is 1. The molecule has 3 rings (SSSR count). The number of nitrogens with two attached hydrogens (primary N) is 1. The van der Waals surface area contributed by atoms with Crippen LogP contribution in [-0.4, -0.2) is 29.9 Å². The Labute approximate surface area is 164 Å². The van der Waals surface area contributed by atoms with E-state index in [4.69, 9.17) is 10.5 Å². The number of nitrogens with zero attached hydrogens (tertiary/aromatic N) is 1. The molecule has 6 heteroatoms. The van der Waals surface area contributed by atoms with Crippen molar-refractivity contribution >= 4 is 17.6 Å². The normalized spacial score (nSPS) is 19.3. The van der Waals surface area contributed by atoms with E-state index >= 15 is 0 Å². The molecule has 0 bridgehead atoms. The minimum atomic E-state index is -0.556. The second-order valence-corrected chi connectivity index (χ2v) is 7.04. The molecule has 0 radical (unpaired) electrons. The molecule has 148 valence electrons. The van der Waals surface area contributed by atoms with Gasteiger partial charge in [-0.25, -0.2) is 4.39 Å². The van der Waals surface area contributed by atoms with E-state index in [9.17, 15) is 14.0 Å². The van der Waals surface area contributed by atoms with Crippen LogP contribution in [0.25, 0.3) is 0 Å². The Kier molecular flexibility index (Phi) is 5.97. The number of halogens is 1. The van der Waals surface area contributed by atoms with Gasteiger partial charge in [0.2, 0.25) is 0 Å². The van der Waals surface area contributed by atoms with Crippen LogP contribution in [-0.2, 0) is 9.53 Å². The maximum atomic E-state index is 14.5. The molecule has 0 saturated carbocycles. The van der Waals surface area contributed by atoms with E-state index in [1.165, 1.54) is 6.07 Å². The maximum absolute atomic E-state index is 14.5. The molecule has 1 aliphatic rings. The van der Waals surface area contributed by atoms with Crippen LogP contribution in [0.5, 0.6) is 0 Å². The molecule has 0 spiro atoms. The van der Waals surface area contributed by atoms with E-state index in [0.29, 0.717) is 30.6 Å². The van der Waals surface area contributed by atoms with E-state index in [-0.39, 0.29) is 18.1 Å². The van der Waals surface area contributed by atoms with E-state index in [1.807, 2.05) is 12.1 Å². The number of hydrogen-bond acceptors (Lipinski definition) is 4. The number of anilines is 1. The molecular weight excluding hydrogens is 359 g/mol. The van der Waals surface area contributed by atoms with E-state index < -0.39 is 23.7 Å². The van der Waals surface area contributed by atoms with Gasteiger partial charge in [0.1, 0.15) is 5.82 Å². The zero-order valence-electron chi connectivity index (χ0n) is 16.2. The lowest BCUT2D eigenvalue weighted by molar-refractivity contribution is -0.151. The second-order valence-electron chi connectivity index (χ2n) is 7.04. The summed E-state index contributed by atoms with van der Waals surface area (Å²) >= 11 is 0. The summed E-state index contributed by atoms with van der Waals surface area (Å²) < 4.78 is 19.7. The number of likely N-dealkylation sites (tertiary alicyclic amines) is 1. The summed E-state index contributed by atoms with van der Waals surface area (Å²) in [5.41, 5.74) is 7.80. The van der Waals surface area contributed by atoms with E-state index in [0.717, 1.165) is 5.56 Å². The van der Waals surface area contributed by atoms with Gasteiger partial charge < -0.3 is 15.4 Å². The third kappa shape index (κ3) is 3.86. The quantitative estimate of drug-likeness (QED) is 0.641. The van der Waals surface area contributed by atoms with Crippen LogP contribution in [0.4, 0.5) is 10.1 Å². The van der Waals surface area contributed by atoms with Crippen LogP contribution < -0.4 is 5.73 Å². The van der Waals surface area contributed by atoms with Gasteiger partial charge in [0, 0.05) is 12.2 Å². The highest BCUT2D eigenvalue weighted by molar-refractivity contribution is 5.96. The molecule has 5 nitrogen and oxygen atoms in total. The first-order valence-corrected chi connectivity index (χ1v) is 9.52. The van der Waals surface area contributed by atoms with Gasteiger partial charge in [-0.1, -0.05) is 24.3 Å². The molecule has 1 heterocycles. The fourth-order valence-corrected chi connectivity index (χ4v) is 3.87. The molecule has 1 saturated heterocycles. The third-order valence-corrected chi connectivity index (χ3v) is 5.20. The smallest absolute Gasteiger partial charge is 0.311 e. The summed E-state index contributed by atoms with van der Waals surface area (Å²) in [4.78, 5) is 27.6. The van der Waals surface area contributed by atoms with Crippen molar-refractivity contribution in [2.45, 2.75) is 32.7 Å². The van der Waals surface area contributed by atoms with Crippen molar-refractivity contribution in [3.8, 4) is 0 Å². The SMILES string of the molecule is CCOC(=O)[C@H]1CCCN(C(=O)c2c(C)cccc2F)C1c1ccc(N)cc1. The number of hydrogen-bond donors (Lipinski definition) is 1. The number of benzene rings is 2. The van der Waals surface area contributed by atoms with Gasteiger partial charge in [0.15, 0.2) is 0 Å². The van der Waals surface area contributed by atoms with Crippen LogP contribution in [0, 0.1) is 18.7 Å². The average molecular weight is 384 g/mol. The molecule has 0 aliphatic carbocycles. The average Bonchev–Trinajstić information content (AvgIpc) is 2.68. The highest BCUT2D eigenvalue weighted by Crippen LogP contribution is 2.38. The lowest BCUT2D eigenvalue weighted by Gasteiger charge is -2.40. The molecule has 28 heavy (non-hydrogen) atoms. The Balaban J connectivity index is 2.05. The van der Waals surface area contributed by atoms with Crippen molar-refractivity contribution in [2.24, 2.45) is 5.92 Å². The highest BCUT2D eigenvalue weighted by atomic mass is 19.1. The summed E-state index contributed by atoms with van der Waals surface area (Å²) in [6.45, 7) is 4.17. The predicted octanol–water partition coefficient (Wildman–Crippen LogP) is 3.87. The standard InChI is InChI=1S/C22H25FN2O3/c1-3-28-22(27)17-7-5-13-25(20(17)15-9-11-16(24)12-10-15)21(26)19-14(2)6-4-8-18(19)23/h4,6,8-12,17,20H,3,5,7,13,24H2,1-2H3/t17-,20?/m0/s1. The summed E-state index contributed by atoms with van der Waals surface area (Å²) in [7, 11) is 0. The first-order chi connectivity index (χ1) is 13.4. The summed E-state index contributed by atoms with van der Waals surface area (Å²) in [6, 6.07) is 11.1. The van der Waals surface area contributed by atoms with Gasteiger partial charge >= 0.3 is 5.97 Å². The Hall–Kier alpha value is -2.89. The van der Waals surface area contributed by atoms with E-state index in [1.54, 1.807) is 43.0 Å². The van der Waals surface area contributed by atoms with Crippen molar-refractivity contribution in [1.82, 2.24) is 4.90 Å². The van der Waals surface area contributed by atoms with Crippen molar-refractivity contribution in [2.75, 3.05) is 18.9 Å². The number of esters is 1. The van der Waals surface area contributed by atoms with Crippen LogP contribution >= 0.6 is 0 Å². The van der Waals surface area contributed by atoms with E-state index in [2.05, 4.69) is 0 Å². The van der Waals surface area contributed by atoms with Gasteiger partial charge in [-0.3, -0.25) is 9.59 Å². The van der Waals surface area contributed by atoms with Gasteiger partial charge in [0.25, 0.3) is 5.91 Å². The largest absolute Gasteiger partial charge is 0.466 e. The summed E-state index contributed by atoms with van der Waals surface area (Å²) in [6.07, 6.45) is 1.25. The number of amides is 1. The predicted molar refractivity (Wildman–Crippen MR) is 105 cm³/mol. The molecule has 1 unspecified atom stereocenters. The Bertz CT molecular complexity index is 846. The Morgan fingerprint density at radius 2 is 1.93 bits per heavy atom. The van der Waals surface area contributed by atoms with Gasteiger partial charge in [0.05, 0.1) is 24.1 Å². The van der Waals surface area contributed by atoms with Crippen LogP contribution in [0.15, 0.2) is 42.5 Å². The zero-order valence-corrected chi connectivity index (χ0v) is 16.2. The van der Waals surface area contributed by atoms with Crippen molar-refractivity contribution < 1.29 is 18.7 Å². The molecule has 1 fully saturated rings.